The molecule has 384 valence electrons. The molecule has 4 aromatic carbocycles. The van der Waals surface area contributed by atoms with Crippen molar-refractivity contribution < 1.29 is 39.2 Å². The molecule has 3 aromatic heterocycles. The number of aromatic nitrogens is 3. The summed E-state index contributed by atoms with van der Waals surface area (Å²) in [5.41, 5.74) is 6.45. The largest absolute Gasteiger partial charge is 0.508 e. The van der Waals surface area contributed by atoms with E-state index < -0.39 is 35.4 Å². The van der Waals surface area contributed by atoms with Gasteiger partial charge in [0, 0.05) is 64.8 Å². The number of aromatic hydroxyl groups is 2. The van der Waals surface area contributed by atoms with Crippen LogP contribution < -0.4 is 15.4 Å². The number of carbonyl (C=O) groups is 4. The number of amides is 3. The number of carbonyl (C=O) groups excluding carboxylic acids is 4. The number of nitrogens with zero attached hydrogens (tertiary/aromatic N) is 5. The van der Waals surface area contributed by atoms with Crippen LogP contribution in [-0.4, -0.2) is 114 Å². The second kappa shape index (κ2) is 23.2. The number of fused-ring (bicyclic) bond motifs is 1. The van der Waals surface area contributed by atoms with E-state index in [1.807, 2.05) is 64.4 Å². The van der Waals surface area contributed by atoms with Gasteiger partial charge in [-0.15, -0.1) is 22.7 Å². The lowest BCUT2D eigenvalue weighted by atomic mass is 9.85. The Morgan fingerprint density at radius 3 is 2.31 bits per heavy atom. The van der Waals surface area contributed by atoms with Crippen molar-refractivity contribution in [2.45, 2.75) is 85.2 Å². The van der Waals surface area contributed by atoms with Crippen LogP contribution >= 0.6 is 22.7 Å². The van der Waals surface area contributed by atoms with Crippen molar-refractivity contribution in [3.63, 3.8) is 0 Å². The summed E-state index contributed by atoms with van der Waals surface area (Å²) < 4.78 is 8.32. The Hall–Kier alpha value is -7.36. The number of ether oxygens (including phenoxy) is 1. The first-order valence-electron chi connectivity index (χ1n) is 24.6. The number of likely N-dealkylation sites (tertiary alicyclic amines) is 1. The van der Waals surface area contributed by atoms with Crippen molar-refractivity contribution in [3.05, 3.63) is 137 Å². The molecule has 0 saturated carbocycles. The van der Waals surface area contributed by atoms with Gasteiger partial charge in [0.25, 0.3) is 0 Å². The van der Waals surface area contributed by atoms with Gasteiger partial charge in [-0.05, 0) is 109 Å². The lowest BCUT2D eigenvalue weighted by Gasteiger charge is -2.35. The number of nitrogens with one attached hydrogen (secondary N) is 2. The van der Waals surface area contributed by atoms with E-state index in [1.54, 1.807) is 90.5 Å². The lowest BCUT2D eigenvalue weighted by Crippen LogP contribution is -2.58. The third-order valence-electron chi connectivity index (χ3n) is 13.1. The van der Waals surface area contributed by atoms with E-state index in [1.165, 1.54) is 20.9 Å². The number of thiophene rings is 1. The molecular weight excluding hydrogens is 975 g/mol. The van der Waals surface area contributed by atoms with E-state index in [0.717, 1.165) is 48.8 Å². The normalized spacial score (nSPS) is 15.4. The van der Waals surface area contributed by atoms with Crippen LogP contribution in [0.3, 0.4) is 0 Å². The van der Waals surface area contributed by atoms with E-state index in [9.17, 15) is 34.5 Å². The van der Waals surface area contributed by atoms with Crippen molar-refractivity contribution in [1.29, 1.82) is 0 Å². The van der Waals surface area contributed by atoms with Gasteiger partial charge in [0.2, 0.25) is 17.7 Å². The first kappa shape index (κ1) is 52.9. The van der Waals surface area contributed by atoms with Gasteiger partial charge in [0.1, 0.15) is 42.5 Å². The van der Waals surface area contributed by atoms with Gasteiger partial charge in [0.05, 0.1) is 40.0 Å². The number of phenolic OH excluding ortho intramolecular Hbond substituents is 2. The third-order valence-corrected chi connectivity index (χ3v) is 15.2. The van der Waals surface area contributed by atoms with Crippen LogP contribution in [0.1, 0.15) is 86.2 Å². The fourth-order valence-corrected chi connectivity index (χ4v) is 11.0. The number of benzene rings is 4. The number of phenols is 2. The Bertz CT molecular complexity index is 3180. The molecule has 0 aliphatic carbocycles. The number of hydrogen-bond donors (Lipinski definition) is 5. The summed E-state index contributed by atoms with van der Waals surface area (Å²) in [5, 5.41) is 41.7. The Balaban J connectivity index is 0.797. The maximum atomic E-state index is 14.2. The molecule has 1 saturated heterocycles. The average molecular weight is 1040 g/mol. The molecular formula is C57H61N7O8S2. The zero-order chi connectivity index (χ0) is 52.7. The van der Waals surface area contributed by atoms with Gasteiger partial charge in [0.15, 0.2) is 5.78 Å². The van der Waals surface area contributed by atoms with Crippen molar-refractivity contribution in [2.24, 2.45) is 5.41 Å². The van der Waals surface area contributed by atoms with Crippen molar-refractivity contribution >= 4 is 56.3 Å². The molecule has 74 heavy (non-hydrogen) atoms. The van der Waals surface area contributed by atoms with Gasteiger partial charge in [-0.1, -0.05) is 63.8 Å². The Morgan fingerprint density at radius 2 is 1.62 bits per heavy atom. The topological polar surface area (TPSA) is 199 Å². The van der Waals surface area contributed by atoms with Crippen LogP contribution in [0.4, 0.5) is 0 Å². The molecule has 8 rings (SSSR count). The number of likely N-dealkylation sites (N-methyl/N-ethyl adjacent to an activating group) is 1. The Kier molecular flexibility index (Phi) is 16.6. The summed E-state index contributed by atoms with van der Waals surface area (Å²) in [6, 6.07) is 24.4. The predicted octanol–water partition coefficient (Wildman–Crippen LogP) is 8.35. The average Bonchev–Trinajstić information content (AvgIpc) is 4.20. The summed E-state index contributed by atoms with van der Waals surface area (Å²) >= 11 is 2.98. The summed E-state index contributed by atoms with van der Waals surface area (Å²) in [7, 11) is 0. The predicted molar refractivity (Wildman–Crippen MR) is 288 cm³/mol. The fourth-order valence-electron chi connectivity index (χ4n) is 8.96. The zero-order valence-corrected chi connectivity index (χ0v) is 43.9. The summed E-state index contributed by atoms with van der Waals surface area (Å²) in [6.45, 7) is 13.8. The quantitative estimate of drug-likeness (QED) is 0.0409. The van der Waals surface area contributed by atoms with Crippen LogP contribution in [0, 0.1) is 24.2 Å². The highest BCUT2D eigenvalue weighted by Crippen LogP contribution is 2.42. The number of rotatable bonds is 18. The molecule has 1 aliphatic heterocycles. The first-order chi connectivity index (χ1) is 35.4. The van der Waals surface area contributed by atoms with Crippen LogP contribution in [0.15, 0.2) is 109 Å². The second-order valence-corrected chi connectivity index (χ2v) is 21.4. The van der Waals surface area contributed by atoms with Gasteiger partial charge >= 0.3 is 0 Å². The van der Waals surface area contributed by atoms with E-state index in [-0.39, 0.29) is 48.7 Å². The molecule has 0 spiro atoms. The van der Waals surface area contributed by atoms with Crippen LogP contribution in [0.2, 0.25) is 0 Å². The molecule has 1 unspecified atom stereocenters. The molecule has 0 bridgehead atoms. The SMILES string of the molecule is CCN(CCC#Cc1cnn(CC(=O)NC(C(=O)N2C[C@H](O)C[C@H]2C(=O)N[C@@H](C)c2ccc(-c3scnc3C)cc2)C(C)(C)C)c1)CCOc1ccc(C(=O)c2c(-c3ccc(O)cc3)sc3cc(O)ccc23)cc1. The third kappa shape index (κ3) is 12.7. The molecule has 15 nitrogen and oxygen atoms in total. The van der Waals surface area contributed by atoms with Gasteiger partial charge < -0.3 is 35.6 Å². The molecule has 3 amide bonds. The zero-order valence-electron chi connectivity index (χ0n) is 42.3. The highest BCUT2D eigenvalue weighted by molar-refractivity contribution is 7.22. The number of thiazole rings is 1. The molecule has 0 radical (unpaired) electrons. The maximum Gasteiger partial charge on any atom is 0.246 e. The Morgan fingerprint density at radius 1 is 0.919 bits per heavy atom. The minimum atomic E-state index is -0.988. The molecule has 7 aromatic rings. The second-order valence-electron chi connectivity index (χ2n) is 19.5. The number of ketones is 1. The summed E-state index contributed by atoms with van der Waals surface area (Å²) in [6.07, 6.45) is 3.04. The monoisotopic (exact) mass is 1040 g/mol. The number of hydrogen-bond acceptors (Lipinski definition) is 13. The molecule has 4 heterocycles. The van der Waals surface area contributed by atoms with Gasteiger partial charge in [-0.3, -0.25) is 28.8 Å². The first-order valence-corrected chi connectivity index (χ1v) is 26.3. The van der Waals surface area contributed by atoms with Crippen LogP contribution in [0.25, 0.3) is 31.0 Å². The fraction of sp³-hybridized carbons (Fsp3) is 0.333. The van der Waals surface area contributed by atoms with Gasteiger partial charge in [-0.2, -0.15) is 5.10 Å². The van der Waals surface area contributed by atoms with E-state index >= 15 is 0 Å². The van der Waals surface area contributed by atoms with E-state index in [2.05, 4.69) is 44.4 Å². The smallest absolute Gasteiger partial charge is 0.246 e. The maximum absolute atomic E-state index is 14.2. The highest BCUT2D eigenvalue weighted by atomic mass is 32.1. The number of aryl methyl sites for hydroxylation is 1. The number of aliphatic hydroxyl groups excluding tert-OH is 1. The Labute approximate surface area is 438 Å². The van der Waals surface area contributed by atoms with Crippen LogP contribution in [-0.2, 0) is 20.9 Å². The molecule has 4 atom stereocenters. The standard InChI is InChI=1S/C57H61N7O8S2/c1-7-62(26-27-72-45-22-17-39(18-23-45)51(69)50-46-24-21-43(66)29-48(46)74-53(50)41-15-19-42(65)20-16-41)25-9-8-10-37-30-59-63(31-37)33-49(68)61-54(57(4,5)6)56(71)64-32-44(67)28-47(64)55(70)60-35(2)38-11-13-40(14-12-38)52-36(3)58-34-73-52/h11-24,29-31,34-35,44,47,54,65-67H,7,9,25-28,32-33H2,1-6H3,(H,60,70)(H,61,68)/t35-,44+,47-,54?/m0/s1. The molecule has 5 N–H and O–H groups in total. The van der Waals surface area contributed by atoms with Crippen molar-refractivity contribution in [3.8, 4) is 50.0 Å². The van der Waals surface area contributed by atoms with Crippen molar-refractivity contribution in [2.75, 3.05) is 32.8 Å². The number of β-amino-alcohol motifs (C(OH)–C–C–N with tert-alkyl or cyclic N) is 1. The van der Waals surface area contributed by atoms with E-state index in [0.29, 0.717) is 48.6 Å². The number of aliphatic hydroxyl groups is 1. The van der Waals surface area contributed by atoms with Crippen LogP contribution in [0.5, 0.6) is 17.2 Å². The minimum absolute atomic E-state index is 0.0312. The molecule has 1 aliphatic rings. The highest BCUT2D eigenvalue weighted by Gasteiger charge is 2.45. The minimum Gasteiger partial charge on any atom is -0.508 e. The van der Waals surface area contributed by atoms with Crippen molar-refractivity contribution in [1.82, 2.24) is 35.2 Å². The summed E-state index contributed by atoms with van der Waals surface area (Å²) in [4.78, 5) is 65.2. The lowest BCUT2D eigenvalue weighted by molar-refractivity contribution is -0.144. The molecule has 17 heteroatoms. The summed E-state index contributed by atoms with van der Waals surface area (Å²) in [5.74, 6) is 5.79. The van der Waals surface area contributed by atoms with Gasteiger partial charge in [-0.25, -0.2) is 4.98 Å². The van der Waals surface area contributed by atoms with E-state index in [4.69, 9.17) is 4.74 Å². The molecule has 1 fully saturated rings.